The van der Waals surface area contributed by atoms with Gasteiger partial charge in [-0.2, -0.15) is 0 Å². The number of ether oxygens (including phenoxy) is 1. The first-order valence-corrected chi connectivity index (χ1v) is 13.5. The van der Waals surface area contributed by atoms with Gasteiger partial charge in [-0.1, -0.05) is 30.3 Å². The van der Waals surface area contributed by atoms with Crippen molar-refractivity contribution < 1.29 is 22.7 Å². The number of primary amides is 1. The molecular weight excluding hydrogens is 464 g/mol. The van der Waals surface area contributed by atoms with Crippen molar-refractivity contribution >= 4 is 27.6 Å². The molecule has 0 aliphatic carbocycles. The van der Waals surface area contributed by atoms with Crippen LogP contribution in [0.2, 0.25) is 0 Å². The lowest BCUT2D eigenvalue weighted by Crippen LogP contribution is -2.41. The first kappa shape index (κ1) is 28.4. The molecule has 192 valence electrons. The van der Waals surface area contributed by atoms with E-state index in [2.05, 4.69) is 16.9 Å². The zero-order valence-corrected chi connectivity index (χ0v) is 22.6. The maximum Gasteiger partial charge on any atom is 0.311 e. The number of anilines is 1. The van der Waals surface area contributed by atoms with Gasteiger partial charge in [0, 0.05) is 5.69 Å². The molecule has 0 fully saturated rings. The number of nitrogens with two attached hydrogens (primary N) is 1. The molecule has 0 heterocycles. The lowest BCUT2D eigenvalue weighted by atomic mass is 9.73. The highest BCUT2D eigenvalue weighted by atomic mass is 32.2. The Hall–Kier alpha value is -2.87. The average Bonchev–Trinajstić information content (AvgIpc) is 2.72. The molecule has 2 aromatic rings. The Kier molecular flexibility index (Phi) is 8.76. The monoisotopic (exact) mass is 502 g/mol. The van der Waals surface area contributed by atoms with Crippen LogP contribution in [0.25, 0.3) is 0 Å². The number of aryl methyl sites for hydroxylation is 2. The summed E-state index contributed by atoms with van der Waals surface area (Å²) >= 11 is 0. The summed E-state index contributed by atoms with van der Waals surface area (Å²) in [6, 6.07) is 12.8. The molecule has 7 nitrogen and oxygen atoms in total. The first-order chi connectivity index (χ1) is 16.0. The fraction of sp³-hybridized carbons (Fsp3) is 0.481. The van der Waals surface area contributed by atoms with Crippen LogP contribution in [0.15, 0.2) is 42.5 Å². The van der Waals surface area contributed by atoms with E-state index in [1.165, 1.54) is 11.1 Å². The molecule has 0 aliphatic heterocycles. The van der Waals surface area contributed by atoms with Gasteiger partial charge in [-0.25, -0.2) is 8.42 Å². The van der Waals surface area contributed by atoms with Crippen molar-refractivity contribution in [3.63, 3.8) is 0 Å². The molecule has 3 N–H and O–H groups in total. The van der Waals surface area contributed by atoms with E-state index in [9.17, 15) is 18.0 Å². The highest BCUT2D eigenvalue weighted by Gasteiger charge is 2.37. The van der Waals surface area contributed by atoms with Gasteiger partial charge in [0.1, 0.15) is 0 Å². The third-order valence-corrected chi connectivity index (χ3v) is 6.83. The molecule has 0 saturated carbocycles. The van der Waals surface area contributed by atoms with Crippen LogP contribution in [-0.4, -0.2) is 33.2 Å². The van der Waals surface area contributed by atoms with Crippen LogP contribution in [0, 0.1) is 25.2 Å². The van der Waals surface area contributed by atoms with Gasteiger partial charge in [0.2, 0.25) is 15.9 Å². The number of amides is 1. The topological polar surface area (TPSA) is 116 Å². The fourth-order valence-corrected chi connectivity index (χ4v) is 4.49. The molecule has 0 aromatic heterocycles. The third kappa shape index (κ3) is 8.09. The Morgan fingerprint density at radius 1 is 1.00 bits per heavy atom. The Bertz CT molecular complexity index is 1170. The van der Waals surface area contributed by atoms with Crippen LogP contribution in [0.5, 0.6) is 0 Å². The third-order valence-electron chi connectivity index (χ3n) is 6.22. The number of carbonyl (C=O) groups excluding carboxylic acids is 2. The van der Waals surface area contributed by atoms with Crippen LogP contribution in [-0.2, 0) is 36.2 Å². The molecule has 2 atom stereocenters. The summed E-state index contributed by atoms with van der Waals surface area (Å²) in [5.74, 6) is -0.983. The summed E-state index contributed by atoms with van der Waals surface area (Å²) in [7, 11) is -3.42. The quantitative estimate of drug-likeness (QED) is 0.471. The summed E-state index contributed by atoms with van der Waals surface area (Å²) in [5.41, 5.74) is 8.71. The second-order valence-corrected chi connectivity index (χ2v) is 12.4. The van der Waals surface area contributed by atoms with E-state index in [0.717, 1.165) is 11.8 Å². The van der Waals surface area contributed by atoms with Gasteiger partial charge in [-0.05, 0) is 94.7 Å². The summed E-state index contributed by atoms with van der Waals surface area (Å²) < 4.78 is 31.1. The molecule has 0 radical (unpaired) electrons. The molecule has 0 spiro atoms. The molecule has 2 unspecified atom stereocenters. The number of carbonyl (C=O) groups is 2. The lowest BCUT2D eigenvalue weighted by molar-refractivity contribution is -0.154. The second kappa shape index (κ2) is 10.8. The van der Waals surface area contributed by atoms with Crippen molar-refractivity contribution in [1.29, 1.82) is 0 Å². The predicted octanol–water partition coefficient (Wildman–Crippen LogP) is 4.26. The zero-order valence-electron chi connectivity index (χ0n) is 21.8. The smallest absolute Gasteiger partial charge is 0.311 e. The molecule has 0 saturated heterocycles. The predicted molar refractivity (Wildman–Crippen MR) is 140 cm³/mol. The van der Waals surface area contributed by atoms with Crippen molar-refractivity contribution in [2.45, 2.75) is 59.8 Å². The highest BCUT2D eigenvalue weighted by Crippen LogP contribution is 2.34. The van der Waals surface area contributed by atoms with E-state index in [-0.39, 0.29) is 18.5 Å². The van der Waals surface area contributed by atoms with Crippen molar-refractivity contribution in [1.82, 2.24) is 0 Å². The number of nitrogens with one attached hydrogen (secondary N) is 1. The van der Waals surface area contributed by atoms with Crippen molar-refractivity contribution in [3.05, 3.63) is 64.7 Å². The molecule has 8 heteroatoms. The molecule has 2 aromatic carbocycles. The summed E-state index contributed by atoms with van der Waals surface area (Å²) in [4.78, 5) is 25.2. The van der Waals surface area contributed by atoms with Gasteiger partial charge in [0.05, 0.1) is 23.7 Å². The normalized spacial score (nSPS) is 14.6. The van der Waals surface area contributed by atoms with Crippen molar-refractivity contribution in [2.75, 3.05) is 17.6 Å². The Morgan fingerprint density at radius 3 is 2.09 bits per heavy atom. The van der Waals surface area contributed by atoms with Gasteiger partial charge >= 0.3 is 5.97 Å². The number of rotatable bonds is 10. The van der Waals surface area contributed by atoms with Crippen LogP contribution < -0.4 is 10.5 Å². The van der Waals surface area contributed by atoms with Crippen LogP contribution in [0.1, 0.15) is 56.4 Å². The number of sulfonamides is 1. The molecule has 1 amide bonds. The maximum atomic E-state index is 12.7. The number of esters is 1. The Labute approximate surface area is 209 Å². The van der Waals surface area contributed by atoms with E-state index in [1.54, 1.807) is 52.0 Å². The zero-order chi connectivity index (χ0) is 26.6. The molecule has 2 rings (SSSR count). The minimum Gasteiger partial charge on any atom is -0.465 e. The van der Waals surface area contributed by atoms with E-state index in [4.69, 9.17) is 10.5 Å². The number of benzene rings is 2. The lowest BCUT2D eigenvalue weighted by Gasteiger charge is -2.32. The summed E-state index contributed by atoms with van der Waals surface area (Å²) in [5, 5.41) is 0. The van der Waals surface area contributed by atoms with E-state index >= 15 is 0 Å². The van der Waals surface area contributed by atoms with Gasteiger partial charge in [-0.3, -0.25) is 14.3 Å². The standard InChI is InChI=1S/C27H38N2O5S/c1-18-8-9-20(14-19(18)2)15-21(17-34-25(31)26(3,4)5)16-27(6,24(28)30)22-10-12-23(13-11-22)29-35(7,32)33/h8-14,21,29H,15-17H2,1-7H3,(H2,28,30). The fourth-order valence-electron chi connectivity index (χ4n) is 3.92. The van der Waals surface area contributed by atoms with Crippen molar-refractivity contribution in [3.8, 4) is 0 Å². The van der Waals surface area contributed by atoms with E-state index in [0.29, 0.717) is 24.1 Å². The number of hydrogen-bond donors (Lipinski definition) is 2. The molecule has 0 aliphatic rings. The Balaban J connectivity index is 2.36. The van der Waals surface area contributed by atoms with Gasteiger partial charge in [0.15, 0.2) is 0 Å². The van der Waals surface area contributed by atoms with Gasteiger partial charge in [-0.15, -0.1) is 0 Å². The van der Waals surface area contributed by atoms with E-state index < -0.39 is 26.8 Å². The van der Waals surface area contributed by atoms with Crippen molar-refractivity contribution in [2.24, 2.45) is 17.1 Å². The SMILES string of the molecule is Cc1ccc(CC(COC(=O)C(C)(C)C)CC(C)(C(N)=O)c2ccc(NS(C)(=O)=O)cc2)cc1C. The van der Waals surface area contributed by atoms with Gasteiger partial charge < -0.3 is 10.5 Å². The van der Waals surface area contributed by atoms with Gasteiger partial charge in [0.25, 0.3) is 0 Å². The molecule has 0 bridgehead atoms. The largest absolute Gasteiger partial charge is 0.465 e. The maximum absolute atomic E-state index is 12.7. The van der Waals surface area contributed by atoms with E-state index in [1.807, 2.05) is 19.9 Å². The second-order valence-electron chi connectivity index (χ2n) is 10.7. The Morgan fingerprint density at radius 2 is 1.60 bits per heavy atom. The van der Waals surface area contributed by atoms with Crippen LogP contribution >= 0.6 is 0 Å². The summed E-state index contributed by atoms with van der Waals surface area (Å²) in [6.07, 6.45) is 2.03. The van der Waals surface area contributed by atoms with Crippen LogP contribution in [0.4, 0.5) is 5.69 Å². The van der Waals surface area contributed by atoms with Crippen LogP contribution in [0.3, 0.4) is 0 Å². The molecular formula is C27H38N2O5S. The molecule has 35 heavy (non-hydrogen) atoms. The minimum absolute atomic E-state index is 0.152. The highest BCUT2D eigenvalue weighted by molar-refractivity contribution is 7.92. The first-order valence-electron chi connectivity index (χ1n) is 11.6. The number of hydrogen-bond acceptors (Lipinski definition) is 5. The minimum atomic E-state index is -3.42. The summed E-state index contributed by atoms with van der Waals surface area (Å²) in [6.45, 7) is 11.4. The average molecular weight is 503 g/mol.